The molecule has 0 saturated carbocycles. The Morgan fingerprint density at radius 3 is 2.42 bits per heavy atom. The SMILES string of the molecule is COC(C)(COC1CN(C(=O)C(CC(C)C)NC(=O)c2ccc(-c3csc(N4CCN(C)CC4)n3)cc2)CC1C#N)OC. The molecule has 2 saturated heterocycles. The molecule has 0 aliphatic carbocycles. The molecule has 11 nitrogen and oxygen atoms in total. The number of likely N-dealkylation sites (N-methyl/N-ethyl adjacent to an activating group) is 1. The molecule has 2 fully saturated rings. The first-order valence-electron chi connectivity index (χ1n) is 14.8. The zero-order valence-electron chi connectivity index (χ0n) is 26.0. The second-order valence-corrected chi connectivity index (χ2v) is 12.7. The van der Waals surface area contributed by atoms with Crippen LogP contribution in [-0.2, 0) is 19.0 Å². The maximum atomic E-state index is 13.6. The van der Waals surface area contributed by atoms with Gasteiger partial charge in [-0.05, 0) is 38.4 Å². The first kappa shape index (κ1) is 32.8. The Balaban J connectivity index is 1.39. The number of hydrogen-bond donors (Lipinski definition) is 1. The number of nitriles is 1. The second kappa shape index (κ2) is 14.6. The summed E-state index contributed by atoms with van der Waals surface area (Å²) in [6.07, 6.45) is -0.00898. The number of benzene rings is 1. The molecule has 2 aromatic rings. The quantitative estimate of drug-likeness (QED) is 0.361. The molecule has 1 N–H and O–H groups in total. The number of ether oxygens (including phenoxy) is 3. The van der Waals surface area contributed by atoms with Gasteiger partial charge in [0.05, 0.1) is 23.8 Å². The lowest BCUT2D eigenvalue weighted by Gasteiger charge is -2.32. The van der Waals surface area contributed by atoms with E-state index in [1.807, 2.05) is 31.4 Å². The Hall–Kier alpha value is -3.08. The van der Waals surface area contributed by atoms with Crippen molar-refractivity contribution in [3.8, 4) is 17.3 Å². The fraction of sp³-hybridized carbons (Fsp3) is 0.613. The van der Waals surface area contributed by atoms with E-state index < -0.39 is 23.9 Å². The van der Waals surface area contributed by atoms with Crippen LogP contribution in [0.4, 0.5) is 5.13 Å². The predicted octanol–water partition coefficient (Wildman–Crippen LogP) is 3.08. The monoisotopic (exact) mass is 612 g/mol. The average molecular weight is 613 g/mol. The van der Waals surface area contributed by atoms with Crippen LogP contribution in [0.1, 0.15) is 37.6 Å². The molecule has 234 valence electrons. The van der Waals surface area contributed by atoms with Crippen LogP contribution in [0, 0.1) is 23.2 Å². The zero-order valence-corrected chi connectivity index (χ0v) is 26.9. The summed E-state index contributed by atoms with van der Waals surface area (Å²) in [4.78, 5) is 38.0. The lowest BCUT2D eigenvalue weighted by Crippen LogP contribution is -2.49. The normalized spacial score (nSPS) is 20.3. The minimum Gasteiger partial charge on any atom is -0.369 e. The van der Waals surface area contributed by atoms with Crippen molar-refractivity contribution in [1.29, 1.82) is 5.26 Å². The average Bonchev–Trinajstić information content (AvgIpc) is 3.67. The van der Waals surface area contributed by atoms with Gasteiger partial charge in [-0.2, -0.15) is 5.26 Å². The largest absolute Gasteiger partial charge is 0.369 e. The van der Waals surface area contributed by atoms with Crippen LogP contribution in [0.5, 0.6) is 0 Å². The third kappa shape index (κ3) is 8.31. The summed E-state index contributed by atoms with van der Waals surface area (Å²) in [6, 6.07) is 8.86. The smallest absolute Gasteiger partial charge is 0.251 e. The van der Waals surface area contributed by atoms with Crippen LogP contribution >= 0.6 is 11.3 Å². The van der Waals surface area contributed by atoms with Crippen molar-refractivity contribution in [3.05, 3.63) is 35.2 Å². The maximum absolute atomic E-state index is 13.6. The van der Waals surface area contributed by atoms with Crippen molar-refractivity contribution < 1.29 is 23.8 Å². The Kier molecular flexibility index (Phi) is 11.1. The fourth-order valence-corrected chi connectivity index (χ4v) is 6.08. The van der Waals surface area contributed by atoms with Gasteiger partial charge in [0.15, 0.2) is 10.9 Å². The van der Waals surface area contributed by atoms with E-state index in [9.17, 15) is 14.9 Å². The molecule has 43 heavy (non-hydrogen) atoms. The molecule has 0 radical (unpaired) electrons. The van der Waals surface area contributed by atoms with Crippen molar-refractivity contribution in [2.75, 3.05) is 72.0 Å². The highest BCUT2D eigenvalue weighted by molar-refractivity contribution is 7.14. The topological polar surface area (TPSA) is 120 Å². The number of methoxy groups -OCH3 is 2. The molecule has 12 heteroatoms. The van der Waals surface area contributed by atoms with Gasteiger partial charge in [0.25, 0.3) is 5.91 Å². The molecule has 1 aromatic carbocycles. The Labute approximate surface area is 258 Å². The number of carbonyl (C=O) groups is 2. The van der Waals surface area contributed by atoms with E-state index >= 15 is 0 Å². The number of likely N-dealkylation sites (tertiary alicyclic amines) is 1. The first-order valence-corrected chi connectivity index (χ1v) is 15.6. The van der Waals surface area contributed by atoms with Crippen LogP contribution in [0.2, 0.25) is 0 Å². The third-order valence-corrected chi connectivity index (χ3v) is 9.09. The molecular formula is C31H44N6O5S. The summed E-state index contributed by atoms with van der Waals surface area (Å²) in [5.41, 5.74) is 2.29. The molecule has 2 aliphatic heterocycles. The molecule has 0 spiro atoms. The summed E-state index contributed by atoms with van der Waals surface area (Å²) in [5.74, 6) is -1.81. The zero-order chi connectivity index (χ0) is 31.1. The van der Waals surface area contributed by atoms with Gasteiger partial charge < -0.3 is 34.2 Å². The summed E-state index contributed by atoms with van der Waals surface area (Å²) < 4.78 is 16.7. The van der Waals surface area contributed by atoms with Gasteiger partial charge in [-0.1, -0.05) is 26.0 Å². The first-order chi connectivity index (χ1) is 20.6. The number of piperazine rings is 1. The van der Waals surface area contributed by atoms with Crippen molar-refractivity contribution in [2.45, 2.75) is 45.1 Å². The molecular weight excluding hydrogens is 568 g/mol. The van der Waals surface area contributed by atoms with Gasteiger partial charge in [-0.25, -0.2) is 4.98 Å². The van der Waals surface area contributed by atoms with Crippen molar-refractivity contribution in [1.82, 2.24) is 20.1 Å². The van der Waals surface area contributed by atoms with E-state index in [1.165, 1.54) is 14.2 Å². The van der Waals surface area contributed by atoms with Crippen LogP contribution in [-0.4, -0.2) is 112 Å². The van der Waals surface area contributed by atoms with E-state index in [1.54, 1.807) is 35.3 Å². The lowest BCUT2D eigenvalue weighted by atomic mass is 10.0. The fourth-order valence-electron chi connectivity index (χ4n) is 5.19. The number of rotatable bonds is 12. The molecule has 3 heterocycles. The van der Waals surface area contributed by atoms with Crippen LogP contribution < -0.4 is 10.2 Å². The van der Waals surface area contributed by atoms with Gasteiger partial charge in [-0.15, -0.1) is 11.3 Å². The molecule has 3 atom stereocenters. The highest BCUT2D eigenvalue weighted by atomic mass is 32.1. The highest BCUT2D eigenvalue weighted by Gasteiger charge is 2.40. The molecule has 1 aromatic heterocycles. The highest BCUT2D eigenvalue weighted by Crippen LogP contribution is 2.29. The van der Waals surface area contributed by atoms with Gasteiger partial charge >= 0.3 is 0 Å². The number of thiazole rings is 1. The molecule has 4 rings (SSSR count). The Bertz CT molecular complexity index is 1270. The molecule has 2 aliphatic rings. The van der Waals surface area contributed by atoms with Crippen LogP contribution in [0.15, 0.2) is 29.6 Å². The van der Waals surface area contributed by atoms with Gasteiger partial charge in [0.2, 0.25) is 5.91 Å². The number of aromatic nitrogens is 1. The summed E-state index contributed by atoms with van der Waals surface area (Å²) in [7, 11) is 5.18. The third-order valence-electron chi connectivity index (χ3n) is 8.19. The van der Waals surface area contributed by atoms with Crippen LogP contribution in [0.3, 0.4) is 0 Å². The van der Waals surface area contributed by atoms with E-state index in [4.69, 9.17) is 19.2 Å². The van der Waals surface area contributed by atoms with Crippen LogP contribution in [0.25, 0.3) is 11.3 Å². The molecule has 0 bridgehead atoms. The van der Waals surface area contributed by atoms with E-state index in [0.29, 0.717) is 12.0 Å². The van der Waals surface area contributed by atoms with Crippen molar-refractivity contribution in [3.63, 3.8) is 0 Å². The van der Waals surface area contributed by atoms with Gasteiger partial charge in [0, 0.05) is 70.0 Å². The number of anilines is 1. The summed E-state index contributed by atoms with van der Waals surface area (Å²) in [6.45, 7) is 10.3. The summed E-state index contributed by atoms with van der Waals surface area (Å²) >= 11 is 1.63. The lowest BCUT2D eigenvalue weighted by molar-refractivity contribution is -0.230. The number of amides is 2. The minimum atomic E-state index is -0.951. The Morgan fingerprint density at radius 2 is 1.81 bits per heavy atom. The van der Waals surface area contributed by atoms with Gasteiger partial charge in [0.1, 0.15) is 12.6 Å². The summed E-state index contributed by atoms with van der Waals surface area (Å²) in [5, 5.41) is 15.7. The maximum Gasteiger partial charge on any atom is 0.251 e. The van der Waals surface area contributed by atoms with Crippen molar-refractivity contribution >= 4 is 28.3 Å². The Morgan fingerprint density at radius 1 is 1.14 bits per heavy atom. The predicted molar refractivity (Wildman–Crippen MR) is 166 cm³/mol. The van der Waals surface area contributed by atoms with Crippen molar-refractivity contribution in [2.24, 2.45) is 11.8 Å². The van der Waals surface area contributed by atoms with E-state index in [2.05, 4.69) is 28.2 Å². The number of hydrogen-bond acceptors (Lipinski definition) is 10. The number of carbonyl (C=O) groups excluding carboxylic acids is 2. The standard InChI is InChI=1S/C31H44N6O5S/c1-21(2)15-25(29(39)37-17-24(16-32)27(18-37)42-20-31(3,40-5)41-6)33-28(38)23-9-7-22(8-10-23)26-19-43-30(34-26)36-13-11-35(4)12-14-36/h7-10,19,21,24-25,27H,11-15,17-18,20H2,1-6H3,(H,33,38). The van der Waals surface area contributed by atoms with E-state index in [0.717, 1.165) is 42.6 Å². The minimum absolute atomic E-state index is 0.116. The molecule has 2 amide bonds. The van der Waals surface area contributed by atoms with Gasteiger partial charge in [-0.3, -0.25) is 9.59 Å². The molecule has 3 unspecified atom stereocenters. The number of nitrogens with zero attached hydrogens (tertiary/aromatic N) is 5. The number of nitrogens with one attached hydrogen (secondary N) is 1. The van der Waals surface area contributed by atoms with E-state index in [-0.39, 0.29) is 37.4 Å². The second-order valence-electron chi connectivity index (χ2n) is 11.9.